The first-order valence-electron chi connectivity index (χ1n) is 9.12. The van der Waals surface area contributed by atoms with E-state index in [-0.39, 0.29) is 11.8 Å². The van der Waals surface area contributed by atoms with Crippen molar-refractivity contribution in [3.05, 3.63) is 52.8 Å². The van der Waals surface area contributed by atoms with Crippen molar-refractivity contribution in [2.24, 2.45) is 0 Å². The first kappa shape index (κ1) is 19.3. The number of carbonyl (C=O) groups excluding carboxylic acids is 1. The Hall–Kier alpha value is -3.06. The van der Waals surface area contributed by atoms with Gasteiger partial charge in [0.25, 0.3) is 5.89 Å². The SMILES string of the molecule is COc1ccc(-c2nc(C3CC(=O)N(c4ccc(Cl)cc4C)C3)no2)cc1OC. The predicted molar refractivity (Wildman–Crippen MR) is 109 cm³/mol. The highest BCUT2D eigenvalue weighted by Crippen LogP contribution is 2.35. The number of rotatable bonds is 5. The van der Waals surface area contributed by atoms with Gasteiger partial charge < -0.3 is 18.9 Å². The Morgan fingerprint density at radius 1 is 1.14 bits per heavy atom. The molecule has 4 rings (SSSR count). The van der Waals surface area contributed by atoms with E-state index in [1.54, 1.807) is 37.3 Å². The Morgan fingerprint density at radius 3 is 2.66 bits per heavy atom. The van der Waals surface area contributed by atoms with Gasteiger partial charge in [0, 0.05) is 35.2 Å². The maximum absolute atomic E-state index is 12.6. The topological polar surface area (TPSA) is 77.7 Å². The Kier molecular flexibility index (Phi) is 5.15. The van der Waals surface area contributed by atoms with Crippen LogP contribution in [0.25, 0.3) is 11.5 Å². The second kappa shape index (κ2) is 7.75. The molecule has 1 aliphatic rings. The van der Waals surface area contributed by atoms with Gasteiger partial charge >= 0.3 is 0 Å². The summed E-state index contributed by atoms with van der Waals surface area (Å²) in [5.74, 6) is 1.96. The molecule has 0 saturated carbocycles. The number of methoxy groups -OCH3 is 2. The zero-order chi connectivity index (χ0) is 20.5. The number of aromatic nitrogens is 2. The third-order valence-corrected chi connectivity index (χ3v) is 5.25. The van der Waals surface area contributed by atoms with Crippen LogP contribution in [0.15, 0.2) is 40.9 Å². The molecule has 0 aliphatic carbocycles. The van der Waals surface area contributed by atoms with E-state index in [0.29, 0.717) is 41.2 Å². The van der Waals surface area contributed by atoms with E-state index in [0.717, 1.165) is 16.8 Å². The Morgan fingerprint density at radius 2 is 1.93 bits per heavy atom. The van der Waals surface area contributed by atoms with Crippen molar-refractivity contribution in [3.63, 3.8) is 0 Å². The molecule has 29 heavy (non-hydrogen) atoms. The van der Waals surface area contributed by atoms with Gasteiger partial charge in [-0.3, -0.25) is 4.79 Å². The van der Waals surface area contributed by atoms with Crippen molar-refractivity contribution in [2.75, 3.05) is 25.7 Å². The first-order chi connectivity index (χ1) is 14.0. The molecule has 3 aromatic rings. The summed E-state index contributed by atoms with van der Waals surface area (Å²) < 4.78 is 16.0. The fourth-order valence-corrected chi connectivity index (χ4v) is 3.75. The quantitative estimate of drug-likeness (QED) is 0.622. The second-order valence-corrected chi connectivity index (χ2v) is 7.30. The molecule has 2 heterocycles. The molecule has 1 unspecified atom stereocenters. The Bertz CT molecular complexity index is 1070. The molecule has 150 valence electrons. The number of hydrogen-bond acceptors (Lipinski definition) is 6. The highest BCUT2D eigenvalue weighted by molar-refractivity contribution is 6.30. The van der Waals surface area contributed by atoms with Crippen LogP contribution >= 0.6 is 11.6 Å². The number of aryl methyl sites for hydroxylation is 1. The molecule has 0 radical (unpaired) electrons. The minimum atomic E-state index is -0.143. The minimum absolute atomic E-state index is 0.0258. The van der Waals surface area contributed by atoms with Gasteiger partial charge in [0.1, 0.15) is 0 Å². The molecular weight excluding hydrogens is 394 g/mol. The monoisotopic (exact) mass is 413 g/mol. The molecule has 0 bridgehead atoms. The lowest BCUT2D eigenvalue weighted by Gasteiger charge is -2.18. The van der Waals surface area contributed by atoms with E-state index >= 15 is 0 Å². The van der Waals surface area contributed by atoms with E-state index < -0.39 is 0 Å². The fourth-order valence-electron chi connectivity index (χ4n) is 3.52. The van der Waals surface area contributed by atoms with Gasteiger partial charge in [0.15, 0.2) is 17.3 Å². The number of halogens is 1. The van der Waals surface area contributed by atoms with Gasteiger partial charge in [0.2, 0.25) is 5.91 Å². The molecule has 0 spiro atoms. The molecule has 1 fully saturated rings. The van der Waals surface area contributed by atoms with Crippen molar-refractivity contribution < 1.29 is 18.8 Å². The van der Waals surface area contributed by atoms with Crippen molar-refractivity contribution in [1.29, 1.82) is 0 Å². The average Bonchev–Trinajstić information content (AvgIpc) is 3.34. The van der Waals surface area contributed by atoms with E-state index in [1.807, 2.05) is 25.1 Å². The summed E-state index contributed by atoms with van der Waals surface area (Å²) in [4.78, 5) is 18.9. The Balaban J connectivity index is 1.57. The van der Waals surface area contributed by atoms with Gasteiger partial charge in [-0.15, -0.1) is 0 Å². The molecule has 0 N–H and O–H groups in total. The smallest absolute Gasteiger partial charge is 0.258 e. The van der Waals surface area contributed by atoms with E-state index in [2.05, 4.69) is 10.1 Å². The summed E-state index contributed by atoms with van der Waals surface area (Å²) in [6.07, 6.45) is 0.326. The lowest BCUT2D eigenvalue weighted by molar-refractivity contribution is -0.117. The van der Waals surface area contributed by atoms with E-state index in [1.165, 1.54) is 0 Å². The predicted octanol–water partition coefficient (Wildman–Crippen LogP) is 4.24. The summed E-state index contributed by atoms with van der Waals surface area (Å²) in [7, 11) is 3.14. The number of benzene rings is 2. The number of nitrogens with zero attached hydrogens (tertiary/aromatic N) is 3. The van der Waals surface area contributed by atoms with Gasteiger partial charge in [0.05, 0.1) is 14.2 Å². The number of carbonyl (C=O) groups is 1. The summed E-state index contributed by atoms with van der Waals surface area (Å²) >= 11 is 6.03. The van der Waals surface area contributed by atoms with Crippen molar-refractivity contribution >= 4 is 23.2 Å². The molecular formula is C21H20ClN3O4. The van der Waals surface area contributed by atoms with Gasteiger partial charge in [-0.1, -0.05) is 16.8 Å². The van der Waals surface area contributed by atoms with Crippen LogP contribution < -0.4 is 14.4 Å². The molecule has 1 atom stereocenters. The van der Waals surface area contributed by atoms with Crippen LogP contribution in [-0.4, -0.2) is 36.8 Å². The zero-order valence-electron chi connectivity index (χ0n) is 16.3. The minimum Gasteiger partial charge on any atom is -0.493 e. The summed E-state index contributed by atoms with van der Waals surface area (Å²) in [5, 5.41) is 4.76. The van der Waals surface area contributed by atoms with Crippen molar-refractivity contribution in [3.8, 4) is 23.0 Å². The van der Waals surface area contributed by atoms with Crippen LogP contribution in [-0.2, 0) is 4.79 Å². The molecule has 1 saturated heterocycles. The number of amides is 1. The maximum atomic E-state index is 12.6. The van der Waals surface area contributed by atoms with Gasteiger partial charge in [-0.25, -0.2) is 0 Å². The lowest BCUT2D eigenvalue weighted by atomic mass is 10.1. The van der Waals surface area contributed by atoms with Gasteiger partial charge in [-0.05, 0) is 48.9 Å². The van der Waals surface area contributed by atoms with Crippen LogP contribution in [0.2, 0.25) is 5.02 Å². The molecule has 2 aromatic carbocycles. The van der Waals surface area contributed by atoms with Crippen molar-refractivity contribution in [1.82, 2.24) is 10.1 Å². The van der Waals surface area contributed by atoms with Crippen LogP contribution in [0, 0.1) is 6.92 Å². The third-order valence-electron chi connectivity index (χ3n) is 5.01. The zero-order valence-corrected chi connectivity index (χ0v) is 17.1. The third kappa shape index (κ3) is 3.65. The van der Waals surface area contributed by atoms with E-state index in [9.17, 15) is 4.79 Å². The average molecular weight is 414 g/mol. The Labute approximate surface area is 173 Å². The summed E-state index contributed by atoms with van der Waals surface area (Å²) in [6, 6.07) is 10.9. The number of ether oxygens (including phenoxy) is 2. The molecule has 7 nitrogen and oxygen atoms in total. The number of hydrogen-bond donors (Lipinski definition) is 0. The number of anilines is 1. The maximum Gasteiger partial charge on any atom is 0.258 e. The normalized spacial score (nSPS) is 16.3. The lowest BCUT2D eigenvalue weighted by Crippen LogP contribution is -2.25. The van der Waals surface area contributed by atoms with Crippen LogP contribution in [0.4, 0.5) is 5.69 Å². The molecule has 1 amide bonds. The highest BCUT2D eigenvalue weighted by Gasteiger charge is 2.35. The largest absolute Gasteiger partial charge is 0.493 e. The second-order valence-electron chi connectivity index (χ2n) is 6.86. The van der Waals surface area contributed by atoms with Crippen LogP contribution in [0.3, 0.4) is 0 Å². The summed E-state index contributed by atoms with van der Waals surface area (Å²) in [5.41, 5.74) is 2.52. The first-order valence-corrected chi connectivity index (χ1v) is 9.50. The van der Waals surface area contributed by atoms with Gasteiger partial charge in [-0.2, -0.15) is 4.98 Å². The molecule has 1 aromatic heterocycles. The molecule has 1 aliphatic heterocycles. The summed E-state index contributed by atoms with van der Waals surface area (Å²) in [6.45, 7) is 2.43. The van der Waals surface area contributed by atoms with Crippen molar-refractivity contribution in [2.45, 2.75) is 19.3 Å². The highest BCUT2D eigenvalue weighted by atomic mass is 35.5. The fraction of sp³-hybridized carbons (Fsp3) is 0.286. The van der Waals surface area contributed by atoms with E-state index in [4.69, 9.17) is 25.6 Å². The van der Waals surface area contributed by atoms with Crippen LogP contribution in [0.1, 0.15) is 23.7 Å². The standard InChI is InChI=1S/C21H20ClN3O4/c1-12-8-15(22)5-6-16(12)25-11-14(10-19(25)26)20-23-21(29-24-20)13-4-7-17(27-2)18(9-13)28-3/h4-9,14H,10-11H2,1-3H3. The van der Waals surface area contributed by atoms with Crippen LogP contribution in [0.5, 0.6) is 11.5 Å². The molecule has 8 heteroatoms.